The number of furan rings is 1. The van der Waals surface area contributed by atoms with Gasteiger partial charge in [0.25, 0.3) is 11.1 Å². The van der Waals surface area contributed by atoms with Crippen LogP contribution >= 0.6 is 11.3 Å². The third kappa shape index (κ3) is 3.14. The summed E-state index contributed by atoms with van der Waals surface area (Å²) in [5.41, 5.74) is 1.38. The average molecular weight is 459 g/mol. The third-order valence-electron chi connectivity index (χ3n) is 5.62. The highest BCUT2D eigenvalue weighted by molar-refractivity contribution is 7.20. The lowest BCUT2D eigenvalue weighted by molar-refractivity contribution is 0.466. The molecule has 0 N–H and O–H groups in total. The second-order valence-electron chi connectivity index (χ2n) is 7.60. The van der Waals surface area contributed by atoms with Crippen molar-refractivity contribution in [3.63, 3.8) is 0 Å². The van der Waals surface area contributed by atoms with Gasteiger partial charge in [-0.15, -0.1) is 0 Å². The molecule has 0 unspecified atom stereocenters. The van der Waals surface area contributed by atoms with E-state index in [9.17, 15) is 9.59 Å². The maximum absolute atomic E-state index is 13.8. The number of hydrogen-bond acceptors (Lipinski definition) is 7. The molecule has 10 heteroatoms. The summed E-state index contributed by atoms with van der Waals surface area (Å²) in [5, 5.41) is 0.960. The van der Waals surface area contributed by atoms with Crippen molar-refractivity contribution in [1.29, 1.82) is 0 Å². The van der Waals surface area contributed by atoms with Crippen LogP contribution in [0.15, 0.2) is 79.7 Å². The molecule has 5 heterocycles. The number of rotatable bonds is 5. The number of para-hydroxylation sites is 1. The molecule has 0 saturated carbocycles. The molecule has 0 bridgehead atoms. The van der Waals surface area contributed by atoms with E-state index in [4.69, 9.17) is 8.83 Å². The lowest BCUT2D eigenvalue weighted by atomic mass is 10.2. The molecule has 0 saturated heterocycles. The van der Waals surface area contributed by atoms with Crippen LogP contribution in [0.5, 0.6) is 0 Å². The van der Waals surface area contributed by atoms with Gasteiger partial charge in [-0.3, -0.25) is 14.3 Å². The average Bonchev–Trinajstić information content (AvgIpc) is 3.59. The summed E-state index contributed by atoms with van der Waals surface area (Å²) < 4.78 is 16.6. The van der Waals surface area contributed by atoms with Crippen LogP contribution in [0.3, 0.4) is 0 Å². The zero-order chi connectivity index (χ0) is 22.5. The predicted molar refractivity (Wildman–Crippen MR) is 123 cm³/mol. The minimum absolute atomic E-state index is 0.218. The van der Waals surface area contributed by atoms with Crippen molar-refractivity contribution in [3.05, 3.63) is 99.2 Å². The molecule has 0 amide bonds. The summed E-state index contributed by atoms with van der Waals surface area (Å²) in [4.78, 5) is 35.5. The van der Waals surface area contributed by atoms with E-state index in [1.54, 1.807) is 40.8 Å². The molecule has 6 aromatic rings. The molecule has 6 rings (SSSR count). The molecular weight excluding hydrogens is 442 g/mol. The first kappa shape index (κ1) is 19.5. The third-order valence-corrected chi connectivity index (χ3v) is 6.63. The van der Waals surface area contributed by atoms with Crippen molar-refractivity contribution in [2.45, 2.75) is 20.0 Å². The first-order chi connectivity index (χ1) is 16.1. The predicted octanol–water partition coefficient (Wildman–Crippen LogP) is 3.55. The summed E-state index contributed by atoms with van der Waals surface area (Å²) in [6.45, 7) is 2.23. The van der Waals surface area contributed by atoms with Gasteiger partial charge in [0.15, 0.2) is 6.39 Å². The number of aromatic nitrogens is 5. The normalized spacial score (nSPS) is 11.7. The molecule has 0 fully saturated rings. The van der Waals surface area contributed by atoms with Crippen molar-refractivity contribution in [1.82, 2.24) is 23.9 Å². The molecule has 33 heavy (non-hydrogen) atoms. The number of nitrogens with zero attached hydrogens (tertiary/aromatic N) is 5. The summed E-state index contributed by atoms with van der Waals surface area (Å²) in [6, 6.07) is 12.7. The molecule has 0 spiro atoms. The maximum atomic E-state index is 13.8. The van der Waals surface area contributed by atoms with E-state index in [0.29, 0.717) is 33.2 Å². The highest BCUT2D eigenvalue weighted by Gasteiger charge is 2.23. The van der Waals surface area contributed by atoms with Crippen LogP contribution in [0, 0.1) is 6.92 Å². The first-order valence-electron chi connectivity index (χ1n) is 10.2. The van der Waals surface area contributed by atoms with Gasteiger partial charge in [0.2, 0.25) is 5.13 Å². The van der Waals surface area contributed by atoms with E-state index < -0.39 is 0 Å². The topological polar surface area (TPSA) is 101 Å². The fraction of sp³-hybridized carbons (Fsp3) is 0.130. The van der Waals surface area contributed by atoms with Gasteiger partial charge in [-0.1, -0.05) is 23.5 Å². The van der Waals surface area contributed by atoms with Crippen molar-refractivity contribution in [3.8, 4) is 5.13 Å². The number of thiazole rings is 1. The summed E-state index contributed by atoms with van der Waals surface area (Å²) >= 11 is 1.41. The van der Waals surface area contributed by atoms with Crippen molar-refractivity contribution in [2.24, 2.45) is 0 Å². The Hall–Kier alpha value is -4.18. The SMILES string of the molecule is Cc1c2c(=O)n(-c3nc4ccccc4s3)n(Cc3cnco3)c2cc(=O)n1Cc1ccco1. The molecule has 9 nitrogen and oxygen atoms in total. The van der Waals surface area contributed by atoms with E-state index in [1.165, 1.54) is 28.5 Å². The standard InChI is InChI=1S/C23H17N5O4S/c1-14-21-18(9-20(29)26(14)11-15-5-4-8-31-15)27(12-16-10-24-13-32-16)28(22(21)30)23-25-17-6-2-3-7-19(17)33-23/h2-10,13H,11-12H2,1H3. The smallest absolute Gasteiger partial charge is 0.283 e. The zero-order valence-electron chi connectivity index (χ0n) is 17.5. The lowest BCUT2D eigenvalue weighted by Gasteiger charge is -2.10. The van der Waals surface area contributed by atoms with Gasteiger partial charge < -0.3 is 13.4 Å². The van der Waals surface area contributed by atoms with E-state index in [-0.39, 0.29) is 24.2 Å². The van der Waals surface area contributed by atoms with Gasteiger partial charge in [0.05, 0.1) is 46.7 Å². The van der Waals surface area contributed by atoms with Crippen molar-refractivity contribution >= 4 is 32.5 Å². The van der Waals surface area contributed by atoms with Crippen LogP contribution in [-0.4, -0.2) is 23.9 Å². The molecule has 164 valence electrons. The minimum Gasteiger partial charge on any atom is -0.467 e. The lowest BCUT2D eigenvalue weighted by Crippen LogP contribution is -2.23. The Bertz CT molecular complexity index is 1690. The Labute approximate surface area is 189 Å². The Kier molecular flexibility index (Phi) is 4.40. The van der Waals surface area contributed by atoms with E-state index in [1.807, 2.05) is 24.3 Å². The number of aryl methyl sites for hydroxylation is 1. The second-order valence-corrected chi connectivity index (χ2v) is 8.61. The Morgan fingerprint density at radius 1 is 1.03 bits per heavy atom. The highest BCUT2D eigenvalue weighted by Crippen LogP contribution is 2.26. The Balaban J connectivity index is 1.64. The van der Waals surface area contributed by atoms with Crippen LogP contribution in [0.2, 0.25) is 0 Å². The summed E-state index contributed by atoms with van der Waals surface area (Å²) in [5.74, 6) is 1.19. The minimum atomic E-state index is -0.255. The number of hydrogen-bond donors (Lipinski definition) is 0. The molecule has 0 radical (unpaired) electrons. The molecule has 1 aromatic carbocycles. The van der Waals surface area contributed by atoms with Gasteiger partial charge in [0.1, 0.15) is 11.5 Å². The quantitative estimate of drug-likeness (QED) is 0.391. The molecule has 0 aliphatic rings. The molecule has 0 aliphatic heterocycles. The first-order valence-corrected chi connectivity index (χ1v) is 11.0. The summed E-state index contributed by atoms with van der Waals surface area (Å²) in [7, 11) is 0. The van der Waals surface area contributed by atoms with E-state index >= 15 is 0 Å². The fourth-order valence-electron chi connectivity index (χ4n) is 4.06. The maximum Gasteiger partial charge on any atom is 0.283 e. The highest BCUT2D eigenvalue weighted by atomic mass is 32.1. The van der Waals surface area contributed by atoms with Crippen LogP contribution in [0.25, 0.3) is 26.3 Å². The number of oxazole rings is 1. The fourth-order valence-corrected chi connectivity index (χ4v) is 5.04. The second kappa shape index (κ2) is 7.45. The van der Waals surface area contributed by atoms with Crippen LogP contribution < -0.4 is 11.1 Å². The number of pyridine rings is 1. The molecule has 5 aromatic heterocycles. The van der Waals surface area contributed by atoms with Crippen molar-refractivity contribution in [2.75, 3.05) is 0 Å². The van der Waals surface area contributed by atoms with Crippen LogP contribution in [-0.2, 0) is 13.1 Å². The van der Waals surface area contributed by atoms with E-state index in [2.05, 4.69) is 9.97 Å². The van der Waals surface area contributed by atoms with Gasteiger partial charge in [-0.25, -0.2) is 9.97 Å². The zero-order valence-corrected chi connectivity index (χ0v) is 18.3. The molecule has 0 atom stereocenters. The summed E-state index contributed by atoms with van der Waals surface area (Å²) in [6.07, 6.45) is 4.48. The molecular formula is C23H17N5O4S. The van der Waals surface area contributed by atoms with Gasteiger partial charge in [0, 0.05) is 11.8 Å². The van der Waals surface area contributed by atoms with Crippen LogP contribution in [0.4, 0.5) is 0 Å². The van der Waals surface area contributed by atoms with Gasteiger partial charge in [-0.2, -0.15) is 4.68 Å². The van der Waals surface area contributed by atoms with Gasteiger partial charge in [-0.05, 0) is 31.2 Å². The Morgan fingerprint density at radius 2 is 1.91 bits per heavy atom. The monoisotopic (exact) mass is 459 g/mol. The van der Waals surface area contributed by atoms with Crippen LogP contribution in [0.1, 0.15) is 17.2 Å². The van der Waals surface area contributed by atoms with Crippen molar-refractivity contribution < 1.29 is 8.83 Å². The van der Waals surface area contributed by atoms with E-state index in [0.717, 1.165) is 10.2 Å². The largest absolute Gasteiger partial charge is 0.467 e. The Morgan fingerprint density at radius 3 is 2.67 bits per heavy atom. The molecule has 0 aliphatic carbocycles. The van der Waals surface area contributed by atoms with Gasteiger partial charge >= 0.3 is 0 Å². The number of fused-ring (bicyclic) bond motifs is 2. The number of benzene rings is 1.